The molecule has 0 bridgehead atoms. The van der Waals surface area contributed by atoms with Crippen LogP contribution in [0.4, 0.5) is 0 Å². The zero-order valence-electron chi connectivity index (χ0n) is 11.5. The van der Waals surface area contributed by atoms with Crippen molar-refractivity contribution in [1.29, 1.82) is 0 Å². The van der Waals surface area contributed by atoms with Crippen LogP contribution in [0.25, 0.3) is 0 Å². The molecule has 0 saturated carbocycles. The summed E-state index contributed by atoms with van der Waals surface area (Å²) in [6.07, 6.45) is 4.08. The number of aromatic amines is 1. The van der Waals surface area contributed by atoms with Gasteiger partial charge in [0.25, 0.3) is 11.4 Å². The molecule has 1 atom stereocenters. The van der Waals surface area contributed by atoms with Gasteiger partial charge in [0.1, 0.15) is 0 Å². The van der Waals surface area contributed by atoms with Crippen molar-refractivity contribution >= 4 is 13.6 Å². The third kappa shape index (κ3) is 5.08. The number of allylic oxidation sites excluding steroid dienone is 1. The molecule has 0 saturated heterocycles. The van der Waals surface area contributed by atoms with Crippen molar-refractivity contribution in [3.05, 3.63) is 44.8 Å². The molecule has 0 unspecified atom stereocenters. The maximum atomic E-state index is 11.4. The number of hydrogen-bond acceptors (Lipinski definition) is 5. The van der Waals surface area contributed by atoms with E-state index in [1.54, 1.807) is 0 Å². The van der Waals surface area contributed by atoms with Crippen LogP contribution in [0, 0.1) is 6.92 Å². The number of carboxylic acid groups (broad SMARTS) is 1. The number of hydrogen-bond donors (Lipinski definition) is 4. The van der Waals surface area contributed by atoms with Gasteiger partial charge in [-0.05, 0) is 6.92 Å². The number of nitrogens with zero attached hydrogens (tertiary/aromatic N) is 1. The van der Waals surface area contributed by atoms with E-state index >= 15 is 0 Å². The Balaban J connectivity index is 2.63. The van der Waals surface area contributed by atoms with Gasteiger partial charge >= 0.3 is 19.3 Å². The predicted molar refractivity (Wildman–Crippen MR) is 74.6 cm³/mol. The van der Waals surface area contributed by atoms with Gasteiger partial charge in [-0.2, -0.15) is 0 Å². The molecule has 1 aromatic heterocycles. The molecule has 122 valence electrons. The van der Waals surface area contributed by atoms with Gasteiger partial charge in [0.05, 0.1) is 6.61 Å². The molecule has 0 aliphatic carbocycles. The van der Waals surface area contributed by atoms with E-state index in [0.717, 1.165) is 0 Å². The van der Waals surface area contributed by atoms with Crippen molar-refractivity contribution in [2.24, 2.45) is 0 Å². The fraction of sp³-hybridized carbons (Fsp3) is 0.364. The van der Waals surface area contributed by atoms with E-state index in [1.807, 2.05) is 0 Å². The Bertz CT molecular complexity index is 728. The average Bonchev–Trinajstić information content (AvgIpc) is 2.37. The Kier molecular flexibility index (Phi) is 6.01. The van der Waals surface area contributed by atoms with E-state index in [4.69, 9.17) is 14.9 Å². The highest BCUT2D eigenvalue weighted by molar-refractivity contribution is 7.53. The Morgan fingerprint density at radius 2 is 2.09 bits per heavy atom. The van der Waals surface area contributed by atoms with Gasteiger partial charge in [0.15, 0.2) is 0 Å². The van der Waals surface area contributed by atoms with Crippen molar-refractivity contribution in [3.8, 4) is 0 Å². The molecule has 0 spiro atoms. The van der Waals surface area contributed by atoms with Crippen molar-refractivity contribution in [3.63, 3.8) is 0 Å². The van der Waals surface area contributed by atoms with E-state index in [-0.39, 0.29) is 13.2 Å². The van der Waals surface area contributed by atoms with Crippen molar-refractivity contribution in [2.45, 2.75) is 19.3 Å². The topological polar surface area (TPSA) is 159 Å². The van der Waals surface area contributed by atoms with Gasteiger partial charge in [-0.3, -0.25) is 18.9 Å². The lowest BCUT2D eigenvalue weighted by Gasteiger charge is -2.13. The van der Waals surface area contributed by atoms with Crippen LogP contribution < -0.4 is 11.2 Å². The van der Waals surface area contributed by atoms with E-state index in [0.29, 0.717) is 5.56 Å². The maximum absolute atomic E-state index is 11.4. The first-order chi connectivity index (χ1) is 10.1. The maximum Gasteiger partial charge on any atom is 0.365 e. The molecule has 0 aliphatic heterocycles. The Morgan fingerprint density at radius 1 is 1.45 bits per heavy atom. The lowest BCUT2D eigenvalue weighted by Crippen LogP contribution is -2.30. The molecule has 0 aromatic carbocycles. The summed E-state index contributed by atoms with van der Waals surface area (Å²) in [6, 6.07) is 0. The monoisotopic (exact) mass is 334 g/mol. The van der Waals surface area contributed by atoms with Crippen LogP contribution in [0.15, 0.2) is 27.9 Å². The van der Waals surface area contributed by atoms with Crippen molar-refractivity contribution in [1.82, 2.24) is 9.55 Å². The minimum Gasteiger partial charge on any atom is -0.479 e. The Labute approximate surface area is 123 Å². The Hall–Kier alpha value is -2.00. The fourth-order valence-electron chi connectivity index (χ4n) is 1.47. The summed E-state index contributed by atoms with van der Waals surface area (Å²) in [5, 5.41) is 8.62. The van der Waals surface area contributed by atoms with Crippen LogP contribution in [0.3, 0.4) is 0 Å². The highest BCUT2D eigenvalue weighted by Crippen LogP contribution is 2.41. The second-order valence-electron chi connectivity index (χ2n) is 4.31. The van der Waals surface area contributed by atoms with E-state index in [1.165, 1.54) is 29.8 Å². The van der Waals surface area contributed by atoms with E-state index in [9.17, 15) is 18.9 Å². The Morgan fingerprint density at radius 3 is 2.64 bits per heavy atom. The van der Waals surface area contributed by atoms with Gasteiger partial charge in [-0.15, -0.1) is 0 Å². The summed E-state index contributed by atoms with van der Waals surface area (Å²) >= 11 is 0. The summed E-state index contributed by atoms with van der Waals surface area (Å²) in [5.41, 5.74) is -0.754. The standard InChI is InChI=1S/C11H15N2O8P/c1-7-6-13(11(17)12-8(7)14)4-2-3-5-21-10(9(15)16)22(18,19)20/h2-3,6,10H,4-5H2,1H3,(H,15,16)(H,12,14,17)(H2,18,19,20)/t10-/m0/s1. The normalized spacial score (nSPS) is 13.4. The molecule has 1 aromatic rings. The smallest absolute Gasteiger partial charge is 0.365 e. The van der Waals surface area contributed by atoms with Gasteiger partial charge < -0.3 is 19.6 Å². The van der Waals surface area contributed by atoms with Gasteiger partial charge in [0, 0.05) is 18.3 Å². The second kappa shape index (κ2) is 7.32. The molecule has 11 heteroatoms. The molecule has 0 radical (unpaired) electrons. The van der Waals surface area contributed by atoms with Crippen molar-refractivity contribution < 1.29 is 29.0 Å². The zero-order valence-corrected chi connectivity index (χ0v) is 12.4. The minimum absolute atomic E-state index is 0.0768. The number of aliphatic carboxylic acids is 1. The summed E-state index contributed by atoms with van der Waals surface area (Å²) in [7, 11) is -4.91. The third-order valence-corrected chi connectivity index (χ3v) is 3.51. The summed E-state index contributed by atoms with van der Waals surface area (Å²) in [6.45, 7) is 1.24. The number of aromatic nitrogens is 2. The SMILES string of the molecule is Cc1cn(CC=CCO[C@H](C(=O)O)P(=O)(O)O)c(=O)[nH]c1=O. The first-order valence-corrected chi connectivity index (χ1v) is 7.66. The quantitative estimate of drug-likeness (QED) is 0.365. The lowest BCUT2D eigenvalue weighted by atomic mass is 10.4. The highest BCUT2D eigenvalue weighted by atomic mass is 31.2. The third-order valence-electron chi connectivity index (χ3n) is 2.52. The van der Waals surface area contributed by atoms with Crippen LogP contribution in [0.5, 0.6) is 0 Å². The highest BCUT2D eigenvalue weighted by Gasteiger charge is 2.36. The summed E-state index contributed by atoms with van der Waals surface area (Å²) < 4.78 is 16.6. The first-order valence-electron chi connectivity index (χ1n) is 5.98. The molecule has 1 heterocycles. The van der Waals surface area contributed by atoms with Crippen LogP contribution >= 0.6 is 7.60 Å². The number of H-pyrrole nitrogens is 1. The number of carboxylic acids is 1. The predicted octanol–water partition coefficient (Wildman–Crippen LogP) is -0.994. The number of aryl methyl sites for hydroxylation is 1. The average molecular weight is 334 g/mol. The second-order valence-corrected chi connectivity index (χ2v) is 5.96. The molecular weight excluding hydrogens is 319 g/mol. The molecule has 0 fully saturated rings. The van der Waals surface area contributed by atoms with Gasteiger partial charge in [0.2, 0.25) is 0 Å². The number of nitrogens with one attached hydrogen (secondary N) is 1. The fourth-order valence-corrected chi connectivity index (χ4v) is 2.04. The molecule has 4 N–H and O–H groups in total. The lowest BCUT2D eigenvalue weighted by molar-refractivity contribution is -0.145. The molecule has 10 nitrogen and oxygen atoms in total. The largest absolute Gasteiger partial charge is 0.479 e. The molecular formula is C11H15N2O8P. The number of rotatable bonds is 7. The summed E-state index contributed by atoms with van der Waals surface area (Å²) in [4.78, 5) is 52.9. The minimum atomic E-state index is -4.91. The summed E-state index contributed by atoms with van der Waals surface area (Å²) in [5.74, 6) is -4.01. The molecule has 22 heavy (non-hydrogen) atoms. The molecule has 1 rings (SSSR count). The van der Waals surface area contributed by atoms with Gasteiger partial charge in [-0.25, -0.2) is 9.59 Å². The van der Waals surface area contributed by atoms with Crippen LogP contribution in [0.2, 0.25) is 0 Å². The zero-order chi connectivity index (χ0) is 16.9. The number of carbonyl (C=O) groups is 1. The van der Waals surface area contributed by atoms with E-state index in [2.05, 4.69) is 9.72 Å². The van der Waals surface area contributed by atoms with Crippen molar-refractivity contribution in [2.75, 3.05) is 6.61 Å². The van der Waals surface area contributed by atoms with E-state index < -0.39 is 30.7 Å². The molecule has 0 aliphatic rings. The van der Waals surface area contributed by atoms with Gasteiger partial charge in [-0.1, -0.05) is 12.2 Å². The van der Waals surface area contributed by atoms with Crippen LogP contribution in [-0.2, 0) is 20.6 Å². The number of ether oxygens (including phenoxy) is 1. The molecule has 0 amide bonds. The van der Waals surface area contributed by atoms with Crippen LogP contribution in [-0.4, -0.2) is 42.9 Å². The first kappa shape index (κ1) is 18.1. The van der Waals surface area contributed by atoms with Crippen LogP contribution in [0.1, 0.15) is 5.56 Å².